The molecule has 0 bridgehead atoms. The minimum Gasteiger partial charge on any atom is -0.497 e. The van der Waals surface area contributed by atoms with Crippen LogP contribution in [0.25, 0.3) is 10.2 Å². The largest absolute Gasteiger partial charge is 0.497 e. The van der Waals surface area contributed by atoms with Gasteiger partial charge in [0.25, 0.3) is 0 Å². The van der Waals surface area contributed by atoms with Crippen LogP contribution in [0.2, 0.25) is 0 Å². The zero-order valence-electron chi connectivity index (χ0n) is 13.4. The number of ether oxygens (including phenoxy) is 1. The third kappa shape index (κ3) is 3.16. The van der Waals surface area contributed by atoms with E-state index in [2.05, 4.69) is 15.3 Å². The van der Waals surface area contributed by atoms with Gasteiger partial charge in [-0.05, 0) is 36.6 Å². The topological polar surface area (TPSA) is 84.3 Å². The van der Waals surface area contributed by atoms with Gasteiger partial charge in [-0.2, -0.15) is 0 Å². The number of fused-ring (bicyclic) bond motifs is 1. The van der Waals surface area contributed by atoms with Gasteiger partial charge in [-0.1, -0.05) is 12.1 Å². The molecule has 0 spiro atoms. The van der Waals surface area contributed by atoms with E-state index >= 15 is 0 Å². The van der Waals surface area contributed by atoms with Crippen LogP contribution in [0.3, 0.4) is 0 Å². The van der Waals surface area contributed by atoms with Crippen molar-refractivity contribution in [2.45, 2.75) is 13.3 Å². The fourth-order valence-electron chi connectivity index (χ4n) is 2.56. The molecular weight excluding hydrogens is 326 g/mol. The molecule has 2 aromatic heterocycles. The van der Waals surface area contributed by atoms with Crippen molar-refractivity contribution in [3.63, 3.8) is 0 Å². The minimum atomic E-state index is -0.933. The summed E-state index contributed by atoms with van der Waals surface area (Å²) in [7, 11) is 1.65. The molecule has 6 nitrogen and oxygen atoms in total. The molecule has 0 aliphatic rings. The van der Waals surface area contributed by atoms with Crippen LogP contribution in [0.5, 0.6) is 5.75 Å². The summed E-state index contributed by atoms with van der Waals surface area (Å²) in [6, 6.07) is 7.90. The number of methoxy groups -OCH3 is 1. The van der Waals surface area contributed by atoms with E-state index in [1.165, 1.54) is 17.7 Å². The van der Waals surface area contributed by atoms with Gasteiger partial charge in [-0.15, -0.1) is 11.3 Å². The Hall–Kier alpha value is -2.67. The Kier molecular flexibility index (Phi) is 4.61. The van der Waals surface area contributed by atoms with Gasteiger partial charge in [-0.3, -0.25) is 0 Å². The average Bonchev–Trinajstić information content (AvgIpc) is 2.93. The summed E-state index contributed by atoms with van der Waals surface area (Å²) in [6.45, 7) is 2.47. The molecule has 0 saturated carbocycles. The summed E-state index contributed by atoms with van der Waals surface area (Å²) in [6.07, 6.45) is 2.26. The Morgan fingerprint density at radius 3 is 2.96 bits per heavy atom. The smallest absolute Gasteiger partial charge is 0.346 e. The van der Waals surface area contributed by atoms with Crippen LogP contribution in [-0.4, -0.2) is 34.7 Å². The number of anilines is 1. The predicted molar refractivity (Wildman–Crippen MR) is 94.3 cm³/mol. The molecule has 2 N–H and O–H groups in total. The molecule has 24 heavy (non-hydrogen) atoms. The first-order chi connectivity index (χ1) is 11.6. The zero-order chi connectivity index (χ0) is 17.1. The lowest BCUT2D eigenvalue weighted by atomic mass is 10.1. The highest BCUT2D eigenvalue weighted by atomic mass is 32.1. The highest BCUT2D eigenvalue weighted by molar-refractivity contribution is 7.20. The third-order valence-corrected chi connectivity index (χ3v) is 4.95. The van der Waals surface area contributed by atoms with Crippen molar-refractivity contribution in [2.75, 3.05) is 19.0 Å². The Morgan fingerprint density at radius 1 is 1.38 bits per heavy atom. The fraction of sp³-hybridized carbons (Fsp3) is 0.235. The first-order valence-electron chi connectivity index (χ1n) is 7.44. The van der Waals surface area contributed by atoms with Crippen molar-refractivity contribution < 1.29 is 14.6 Å². The van der Waals surface area contributed by atoms with Crippen LogP contribution in [0, 0.1) is 6.92 Å². The number of benzene rings is 1. The van der Waals surface area contributed by atoms with Crippen LogP contribution in [0.1, 0.15) is 20.8 Å². The van der Waals surface area contributed by atoms with Gasteiger partial charge in [0.05, 0.1) is 12.5 Å². The highest BCUT2D eigenvalue weighted by Gasteiger charge is 2.18. The number of hydrogen-bond donors (Lipinski definition) is 2. The van der Waals surface area contributed by atoms with Crippen LogP contribution >= 0.6 is 11.3 Å². The van der Waals surface area contributed by atoms with Gasteiger partial charge in [0.2, 0.25) is 0 Å². The molecule has 0 saturated heterocycles. The van der Waals surface area contributed by atoms with E-state index in [0.29, 0.717) is 27.6 Å². The van der Waals surface area contributed by atoms with E-state index in [4.69, 9.17) is 4.74 Å². The fourth-order valence-corrected chi connectivity index (χ4v) is 3.55. The third-order valence-electron chi connectivity index (χ3n) is 3.76. The molecule has 0 unspecified atom stereocenters. The standard InChI is InChI=1S/C17H17N3O3S/c1-10-13-15(19-9-20-16(13)24-14(10)17(21)22)18-7-6-11-4-3-5-12(8-11)23-2/h3-5,8-9H,6-7H2,1-2H3,(H,21,22)(H,18,19,20). The summed E-state index contributed by atoms with van der Waals surface area (Å²) in [4.78, 5) is 20.7. The Labute approximate surface area is 143 Å². The number of rotatable bonds is 6. The van der Waals surface area contributed by atoms with Gasteiger partial charge < -0.3 is 15.2 Å². The summed E-state index contributed by atoms with van der Waals surface area (Å²) < 4.78 is 5.22. The number of nitrogens with one attached hydrogen (secondary N) is 1. The number of thiophene rings is 1. The molecule has 0 aliphatic heterocycles. The Morgan fingerprint density at radius 2 is 2.21 bits per heavy atom. The molecule has 0 aliphatic carbocycles. The molecule has 3 rings (SSSR count). The van der Waals surface area contributed by atoms with Crippen LogP contribution in [-0.2, 0) is 6.42 Å². The van der Waals surface area contributed by atoms with Crippen LogP contribution < -0.4 is 10.1 Å². The van der Waals surface area contributed by atoms with Gasteiger partial charge in [0.1, 0.15) is 27.6 Å². The SMILES string of the molecule is COc1cccc(CCNc2ncnc3sc(C(=O)O)c(C)c23)c1. The zero-order valence-corrected chi connectivity index (χ0v) is 14.2. The van der Waals surface area contributed by atoms with Crippen molar-refractivity contribution in [3.8, 4) is 5.75 Å². The molecular formula is C17H17N3O3S. The molecule has 0 amide bonds. The molecule has 1 aromatic carbocycles. The maximum atomic E-state index is 11.3. The second kappa shape index (κ2) is 6.84. The highest BCUT2D eigenvalue weighted by Crippen LogP contribution is 2.33. The van der Waals surface area contributed by atoms with E-state index in [9.17, 15) is 9.90 Å². The number of aromatic nitrogens is 2. The normalized spacial score (nSPS) is 10.8. The molecule has 7 heteroatoms. The second-order valence-corrected chi connectivity index (χ2v) is 6.29. The van der Waals surface area contributed by atoms with Crippen molar-refractivity contribution in [2.24, 2.45) is 0 Å². The molecule has 0 fully saturated rings. The van der Waals surface area contributed by atoms with E-state index in [-0.39, 0.29) is 0 Å². The molecule has 0 radical (unpaired) electrons. The van der Waals surface area contributed by atoms with Gasteiger partial charge in [-0.25, -0.2) is 14.8 Å². The average molecular weight is 343 g/mol. The number of hydrogen-bond acceptors (Lipinski definition) is 6. The number of aryl methyl sites for hydroxylation is 1. The Bertz CT molecular complexity index is 892. The monoisotopic (exact) mass is 343 g/mol. The minimum absolute atomic E-state index is 0.307. The lowest BCUT2D eigenvalue weighted by Gasteiger charge is -2.08. The summed E-state index contributed by atoms with van der Waals surface area (Å²) in [5, 5.41) is 13.3. The van der Waals surface area contributed by atoms with Crippen molar-refractivity contribution in [1.82, 2.24) is 9.97 Å². The lowest BCUT2D eigenvalue weighted by Crippen LogP contribution is -2.07. The summed E-state index contributed by atoms with van der Waals surface area (Å²) in [5.74, 6) is 0.568. The number of aromatic carboxylic acids is 1. The van der Waals surface area contributed by atoms with Gasteiger partial charge >= 0.3 is 5.97 Å². The first kappa shape index (κ1) is 16.2. The second-order valence-electron chi connectivity index (χ2n) is 5.29. The quantitative estimate of drug-likeness (QED) is 0.714. The Balaban J connectivity index is 1.79. The van der Waals surface area contributed by atoms with Crippen molar-refractivity contribution >= 4 is 33.3 Å². The number of carbonyl (C=O) groups is 1. The summed E-state index contributed by atoms with van der Waals surface area (Å²) in [5.41, 5.74) is 1.85. The van der Waals surface area contributed by atoms with Gasteiger partial charge in [0.15, 0.2) is 0 Å². The molecule has 0 atom stereocenters. The van der Waals surface area contributed by atoms with Gasteiger partial charge in [0, 0.05) is 6.54 Å². The number of carboxylic acids is 1. The maximum absolute atomic E-state index is 11.3. The van der Waals surface area contributed by atoms with Crippen LogP contribution in [0.4, 0.5) is 5.82 Å². The number of nitrogens with zero attached hydrogens (tertiary/aromatic N) is 2. The molecule has 124 valence electrons. The summed E-state index contributed by atoms with van der Waals surface area (Å²) >= 11 is 1.17. The van der Waals surface area contributed by atoms with Crippen molar-refractivity contribution in [3.05, 3.63) is 46.6 Å². The maximum Gasteiger partial charge on any atom is 0.346 e. The molecule has 2 heterocycles. The molecule has 3 aromatic rings. The van der Waals surface area contributed by atoms with E-state index < -0.39 is 5.97 Å². The predicted octanol–water partition coefficient (Wildman–Crippen LogP) is 3.36. The van der Waals surface area contributed by atoms with Crippen LogP contribution in [0.15, 0.2) is 30.6 Å². The lowest BCUT2D eigenvalue weighted by molar-refractivity contribution is 0.0701. The first-order valence-corrected chi connectivity index (χ1v) is 8.26. The van der Waals surface area contributed by atoms with E-state index in [1.54, 1.807) is 14.0 Å². The van der Waals surface area contributed by atoms with E-state index in [1.807, 2.05) is 24.3 Å². The number of carboxylic acid groups (broad SMARTS) is 1. The van der Waals surface area contributed by atoms with Crippen molar-refractivity contribution in [1.29, 1.82) is 0 Å². The van der Waals surface area contributed by atoms with E-state index in [0.717, 1.165) is 23.1 Å².